The van der Waals surface area contributed by atoms with E-state index >= 15 is 0 Å². The Hall–Kier alpha value is -4.23. The number of benzene rings is 5. The van der Waals surface area contributed by atoms with Crippen molar-refractivity contribution in [3.63, 3.8) is 0 Å². The van der Waals surface area contributed by atoms with Crippen LogP contribution in [0.25, 0.3) is 28.0 Å². The highest BCUT2D eigenvalue weighted by molar-refractivity contribution is 7.98. The van der Waals surface area contributed by atoms with Crippen molar-refractivity contribution in [1.29, 1.82) is 0 Å². The van der Waals surface area contributed by atoms with Gasteiger partial charge in [0.05, 0.1) is 26.4 Å². The number of rotatable bonds is 7. The number of hydrogen-bond donors (Lipinski definition) is 0. The summed E-state index contributed by atoms with van der Waals surface area (Å²) in [7, 11) is 0. The van der Waals surface area contributed by atoms with Crippen LogP contribution in [0.4, 0.5) is 11.4 Å². The molecule has 0 amide bonds. The van der Waals surface area contributed by atoms with E-state index in [9.17, 15) is 0 Å². The largest absolute Gasteiger partial charge is 0.472 e. The van der Waals surface area contributed by atoms with Gasteiger partial charge in [-0.15, -0.1) is 11.8 Å². The summed E-state index contributed by atoms with van der Waals surface area (Å²) in [5.74, 6) is 0.982. The summed E-state index contributed by atoms with van der Waals surface area (Å²) < 4.78 is 19.0. The fourth-order valence-corrected chi connectivity index (χ4v) is 9.66. The molecule has 0 bridgehead atoms. The van der Waals surface area contributed by atoms with Gasteiger partial charge in [-0.3, -0.25) is 0 Å². The molecule has 260 valence electrons. The van der Waals surface area contributed by atoms with Crippen molar-refractivity contribution in [2.24, 2.45) is 0 Å². The van der Waals surface area contributed by atoms with Crippen LogP contribution >= 0.6 is 11.8 Å². The van der Waals surface area contributed by atoms with E-state index in [1.54, 1.807) is 11.8 Å². The van der Waals surface area contributed by atoms with Gasteiger partial charge in [-0.1, -0.05) is 74.5 Å². The van der Waals surface area contributed by atoms with E-state index in [2.05, 4.69) is 133 Å². The van der Waals surface area contributed by atoms with E-state index in [0.717, 1.165) is 82.3 Å². The molecule has 6 heteroatoms. The molecule has 9 rings (SSSR count). The first-order valence-electron chi connectivity index (χ1n) is 18.6. The van der Waals surface area contributed by atoms with Gasteiger partial charge in [-0.2, -0.15) is 0 Å². The summed E-state index contributed by atoms with van der Waals surface area (Å²) in [5, 5.41) is 2.45. The molecule has 3 heterocycles. The summed E-state index contributed by atoms with van der Waals surface area (Å²) in [4.78, 5) is 6.07. The molecular formula is C45H46N2O3S. The lowest BCUT2D eigenvalue weighted by Gasteiger charge is -2.40. The fraction of sp³-hybridized carbons (Fsp3) is 0.333. The monoisotopic (exact) mass is 694 g/mol. The first kappa shape index (κ1) is 32.7. The number of thioether (sulfide) groups is 1. The summed E-state index contributed by atoms with van der Waals surface area (Å²) in [5.41, 5.74) is 10.6. The number of fused-ring (bicyclic) bond motifs is 8. The third kappa shape index (κ3) is 5.13. The first-order chi connectivity index (χ1) is 25.1. The van der Waals surface area contributed by atoms with Gasteiger partial charge in [0.1, 0.15) is 5.75 Å². The molecule has 2 fully saturated rings. The van der Waals surface area contributed by atoms with Gasteiger partial charge in [0.15, 0.2) is 5.60 Å². The van der Waals surface area contributed by atoms with Crippen LogP contribution in [-0.2, 0) is 20.5 Å². The van der Waals surface area contributed by atoms with Crippen LogP contribution in [0.5, 0.6) is 5.75 Å². The van der Waals surface area contributed by atoms with E-state index in [4.69, 9.17) is 14.2 Å². The van der Waals surface area contributed by atoms with Gasteiger partial charge in [-0.25, -0.2) is 0 Å². The molecule has 3 aliphatic heterocycles. The Bertz CT molecular complexity index is 2050. The maximum atomic E-state index is 7.72. The number of ether oxygens (including phenoxy) is 3. The highest BCUT2D eigenvalue weighted by Gasteiger charge is 2.46. The number of morpholine rings is 2. The quantitative estimate of drug-likeness (QED) is 0.158. The van der Waals surface area contributed by atoms with E-state index in [1.165, 1.54) is 54.9 Å². The molecule has 4 aliphatic rings. The van der Waals surface area contributed by atoms with E-state index in [1.807, 2.05) is 0 Å². The zero-order chi connectivity index (χ0) is 34.6. The molecule has 2 saturated heterocycles. The number of nitrogens with zero attached hydrogens (tertiary/aromatic N) is 2. The Morgan fingerprint density at radius 2 is 1.27 bits per heavy atom. The van der Waals surface area contributed by atoms with Crippen molar-refractivity contribution in [3.05, 3.63) is 125 Å². The molecule has 0 radical (unpaired) electrons. The molecule has 5 aromatic carbocycles. The average Bonchev–Trinajstić information content (AvgIpc) is 3.52. The highest BCUT2D eigenvalue weighted by atomic mass is 32.2. The third-order valence-corrected chi connectivity index (χ3v) is 12.7. The zero-order valence-corrected chi connectivity index (χ0v) is 30.7. The Labute approximate surface area is 306 Å². The smallest absolute Gasteiger partial charge is 0.178 e. The molecule has 5 aromatic rings. The molecule has 0 spiro atoms. The third-order valence-electron chi connectivity index (χ3n) is 12.0. The minimum atomic E-state index is -0.816. The Balaban J connectivity index is 1.26. The Kier molecular flexibility index (Phi) is 8.37. The van der Waals surface area contributed by atoms with Crippen molar-refractivity contribution in [3.8, 4) is 16.9 Å². The predicted molar refractivity (Wildman–Crippen MR) is 212 cm³/mol. The Morgan fingerprint density at radius 3 is 1.84 bits per heavy atom. The zero-order valence-electron chi connectivity index (χ0n) is 29.9. The van der Waals surface area contributed by atoms with Gasteiger partial charge < -0.3 is 24.0 Å². The van der Waals surface area contributed by atoms with Crippen LogP contribution in [0.2, 0.25) is 0 Å². The number of anilines is 2. The fourth-order valence-electron chi connectivity index (χ4n) is 9.22. The molecule has 5 nitrogen and oxygen atoms in total. The topological polar surface area (TPSA) is 34.2 Å². The maximum absolute atomic E-state index is 7.72. The molecule has 0 N–H and O–H groups in total. The lowest BCUT2D eigenvalue weighted by atomic mass is 9.71. The summed E-state index contributed by atoms with van der Waals surface area (Å²) in [6.45, 7) is 11.4. The van der Waals surface area contributed by atoms with Gasteiger partial charge in [-0.05, 0) is 89.2 Å². The van der Waals surface area contributed by atoms with Crippen molar-refractivity contribution >= 4 is 40.0 Å². The van der Waals surface area contributed by atoms with Crippen molar-refractivity contribution < 1.29 is 14.2 Å². The van der Waals surface area contributed by atoms with Crippen molar-refractivity contribution in [2.75, 3.05) is 68.7 Å². The van der Waals surface area contributed by atoms with Gasteiger partial charge in [0.2, 0.25) is 0 Å². The van der Waals surface area contributed by atoms with Crippen LogP contribution in [0, 0.1) is 0 Å². The molecule has 0 aromatic heterocycles. The average molecular weight is 695 g/mol. The summed E-state index contributed by atoms with van der Waals surface area (Å²) >= 11 is 1.78. The van der Waals surface area contributed by atoms with Crippen LogP contribution in [-0.4, -0.2) is 58.9 Å². The second-order valence-corrected chi connectivity index (χ2v) is 15.1. The highest BCUT2D eigenvalue weighted by Crippen LogP contribution is 2.60. The second kappa shape index (κ2) is 13.1. The minimum Gasteiger partial charge on any atom is -0.472 e. The number of hydrogen-bond acceptors (Lipinski definition) is 6. The van der Waals surface area contributed by atoms with Gasteiger partial charge >= 0.3 is 0 Å². The van der Waals surface area contributed by atoms with Gasteiger partial charge in [0.25, 0.3) is 0 Å². The van der Waals surface area contributed by atoms with Crippen LogP contribution < -0.4 is 14.5 Å². The van der Waals surface area contributed by atoms with Crippen LogP contribution in [0.15, 0.2) is 102 Å². The second-order valence-electron chi connectivity index (χ2n) is 14.2. The van der Waals surface area contributed by atoms with Crippen LogP contribution in [0.1, 0.15) is 54.5 Å². The van der Waals surface area contributed by atoms with E-state index in [0.29, 0.717) is 0 Å². The van der Waals surface area contributed by atoms with Crippen molar-refractivity contribution in [1.82, 2.24) is 0 Å². The first-order valence-corrected chi connectivity index (χ1v) is 19.9. The Morgan fingerprint density at radius 1 is 0.686 bits per heavy atom. The predicted octanol–water partition coefficient (Wildman–Crippen LogP) is 9.67. The van der Waals surface area contributed by atoms with Crippen molar-refractivity contribution in [2.45, 2.75) is 42.6 Å². The molecular weight excluding hydrogens is 649 g/mol. The minimum absolute atomic E-state index is 0.0876. The normalized spacial score (nSPS) is 18.6. The molecule has 0 unspecified atom stereocenters. The maximum Gasteiger partial charge on any atom is 0.178 e. The lowest BCUT2D eigenvalue weighted by Crippen LogP contribution is -2.37. The summed E-state index contributed by atoms with van der Waals surface area (Å²) in [6, 6.07) is 34.2. The molecule has 51 heavy (non-hydrogen) atoms. The molecule has 1 aliphatic carbocycles. The lowest BCUT2D eigenvalue weighted by molar-refractivity contribution is 0.122. The summed E-state index contributed by atoms with van der Waals surface area (Å²) in [6.07, 6.45) is 8.96. The van der Waals surface area contributed by atoms with E-state index in [-0.39, 0.29) is 5.41 Å². The SMILES string of the molecule is CCC1(CC)c2ccccc2-c2c1c1c(c3cc(SC)ccc23)OC(c2ccc(N3CCOCC3)cc2)(c2ccc(N3CCOCC3)cc2)C=C1. The molecule has 0 atom stereocenters. The standard InChI is InChI=1S/C45H46N2O3S/c1-4-44(5-2)40-9-7-6-8-37(40)41-36-19-18-35(51-3)30-39(36)43-38(42(41)44)20-21-45(50-43,31-10-14-33(15-11-31)46-22-26-48-27-23-46)32-12-16-34(17-13-32)47-24-28-49-29-25-47/h6-21,30H,4-5,22-29H2,1-3H3. The van der Waals surface area contributed by atoms with Crippen LogP contribution in [0.3, 0.4) is 0 Å². The molecule has 0 saturated carbocycles. The van der Waals surface area contributed by atoms with Gasteiger partial charge in [0, 0.05) is 69.9 Å². The van der Waals surface area contributed by atoms with E-state index < -0.39 is 5.60 Å².